The van der Waals surface area contributed by atoms with Gasteiger partial charge in [-0.25, -0.2) is 4.98 Å². The van der Waals surface area contributed by atoms with Crippen LogP contribution in [0.15, 0.2) is 47.3 Å². The minimum absolute atomic E-state index is 0.144. The Morgan fingerprint density at radius 1 is 1.05 bits per heavy atom. The zero-order valence-electron chi connectivity index (χ0n) is 11.8. The highest BCUT2D eigenvalue weighted by molar-refractivity contribution is 6.42. The van der Waals surface area contributed by atoms with Crippen LogP contribution in [-0.4, -0.2) is 9.55 Å². The summed E-state index contributed by atoms with van der Waals surface area (Å²) in [5.41, 5.74) is 2.67. The van der Waals surface area contributed by atoms with Crippen LogP contribution in [0.2, 0.25) is 10.0 Å². The van der Waals surface area contributed by atoms with Gasteiger partial charge in [0.1, 0.15) is 5.69 Å². The van der Waals surface area contributed by atoms with Crippen molar-refractivity contribution in [2.75, 3.05) is 0 Å². The molecule has 0 radical (unpaired) electrons. The Hall–Kier alpha value is -2.10. The van der Waals surface area contributed by atoms with Crippen LogP contribution in [0.3, 0.4) is 0 Å². The molecular formula is C17H12Cl2N2O. The number of benzene rings is 2. The van der Waals surface area contributed by atoms with Gasteiger partial charge in [-0.15, -0.1) is 0 Å². The number of aryl methyl sites for hydroxylation is 1. The number of nitrogens with zero attached hydrogens (tertiary/aromatic N) is 2. The summed E-state index contributed by atoms with van der Waals surface area (Å²) in [7, 11) is 1.74. The summed E-state index contributed by atoms with van der Waals surface area (Å²) in [4.78, 5) is 16.7. The van der Waals surface area contributed by atoms with E-state index < -0.39 is 0 Å². The van der Waals surface area contributed by atoms with E-state index in [1.165, 1.54) is 0 Å². The van der Waals surface area contributed by atoms with Crippen LogP contribution < -0.4 is 5.56 Å². The van der Waals surface area contributed by atoms with E-state index in [1.807, 2.05) is 30.3 Å². The van der Waals surface area contributed by atoms with Crippen molar-refractivity contribution in [2.24, 2.45) is 7.05 Å². The minimum atomic E-state index is -0.144. The lowest BCUT2D eigenvalue weighted by Gasteiger charge is -2.05. The zero-order valence-corrected chi connectivity index (χ0v) is 13.3. The second kappa shape index (κ2) is 5.95. The summed E-state index contributed by atoms with van der Waals surface area (Å²) in [6, 6.07) is 12.8. The summed E-state index contributed by atoms with van der Waals surface area (Å²) in [6.45, 7) is 0. The predicted molar refractivity (Wildman–Crippen MR) is 92.4 cm³/mol. The minimum Gasteiger partial charge on any atom is -0.308 e. The summed E-state index contributed by atoms with van der Waals surface area (Å²) in [6.07, 6.45) is 3.48. The number of para-hydroxylation sites is 2. The monoisotopic (exact) mass is 330 g/mol. The molecule has 0 aliphatic rings. The Balaban J connectivity index is 2.07. The molecule has 22 heavy (non-hydrogen) atoms. The topological polar surface area (TPSA) is 34.9 Å². The van der Waals surface area contributed by atoms with Gasteiger partial charge in [0.05, 0.1) is 21.1 Å². The molecule has 3 aromatic rings. The molecule has 0 unspecified atom stereocenters. The fourth-order valence-corrected chi connectivity index (χ4v) is 2.51. The molecule has 0 aliphatic carbocycles. The summed E-state index contributed by atoms with van der Waals surface area (Å²) < 4.78 is 1.59. The molecule has 0 amide bonds. The first-order chi connectivity index (χ1) is 10.6. The number of rotatable bonds is 2. The molecule has 0 bridgehead atoms. The molecular weight excluding hydrogens is 319 g/mol. The van der Waals surface area contributed by atoms with Gasteiger partial charge in [0.25, 0.3) is 5.56 Å². The van der Waals surface area contributed by atoms with Gasteiger partial charge < -0.3 is 4.57 Å². The molecule has 3 nitrogen and oxygen atoms in total. The highest BCUT2D eigenvalue weighted by atomic mass is 35.5. The van der Waals surface area contributed by atoms with Crippen molar-refractivity contribution < 1.29 is 0 Å². The Bertz CT molecular complexity index is 945. The lowest BCUT2D eigenvalue weighted by Crippen LogP contribution is -2.21. The highest BCUT2D eigenvalue weighted by Gasteiger charge is 2.05. The third-order valence-corrected chi connectivity index (χ3v) is 4.12. The van der Waals surface area contributed by atoms with Crippen molar-refractivity contribution >= 4 is 46.4 Å². The van der Waals surface area contributed by atoms with Gasteiger partial charge in [0.15, 0.2) is 0 Å². The second-order valence-electron chi connectivity index (χ2n) is 4.86. The Morgan fingerprint density at radius 3 is 2.59 bits per heavy atom. The van der Waals surface area contributed by atoms with Crippen molar-refractivity contribution in [3.8, 4) is 0 Å². The third-order valence-electron chi connectivity index (χ3n) is 3.39. The Morgan fingerprint density at radius 2 is 1.82 bits per heavy atom. The summed E-state index contributed by atoms with van der Waals surface area (Å²) in [5, 5.41) is 0.974. The van der Waals surface area contributed by atoms with Crippen molar-refractivity contribution in [1.29, 1.82) is 0 Å². The quantitative estimate of drug-likeness (QED) is 0.697. The van der Waals surface area contributed by atoms with Crippen LogP contribution in [0.5, 0.6) is 0 Å². The lowest BCUT2D eigenvalue weighted by atomic mass is 10.2. The van der Waals surface area contributed by atoms with Crippen LogP contribution >= 0.6 is 23.2 Å². The maximum absolute atomic E-state index is 12.3. The zero-order chi connectivity index (χ0) is 15.7. The van der Waals surface area contributed by atoms with Gasteiger partial charge in [-0.05, 0) is 35.9 Å². The van der Waals surface area contributed by atoms with Gasteiger partial charge in [-0.2, -0.15) is 0 Å². The largest absolute Gasteiger partial charge is 0.308 e. The maximum atomic E-state index is 12.3. The molecule has 0 saturated carbocycles. The molecule has 0 saturated heterocycles. The fourth-order valence-electron chi connectivity index (χ4n) is 2.20. The molecule has 3 rings (SSSR count). The first kappa shape index (κ1) is 14.8. The van der Waals surface area contributed by atoms with E-state index in [4.69, 9.17) is 23.2 Å². The van der Waals surface area contributed by atoms with Crippen molar-refractivity contribution in [3.63, 3.8) is 0 Å². The van der Waals surface area contributed by atoms with E-state index >= 15 is 0 Å². The van der Waals surface area contributed by atoms with Gasteiger partial charge in [-0.3, -0.25) is 4.79 Å². The van der Waals surface area contributed by atoms with Gasteiger partial charge >= 0.3 is 0 Å². The van der Waals surface area contributed by atoms with Crippen LogP contribution in [0.25, 0.3) is 23.2 Å². The lowest BCUT2D eigenvalue weighted by molar-refractivity contribution is 0.887. The molecule has 0 aliphatic heterocycles. The number of fused-ring (bicyclic) bond motifs is 1. The number of hydrogen-bond acceptors (Lipinski definition) is 2. The first-order valence-electron chi connectivity index (χ1n) is 6.65. The predicted octanol–water partition coefficient (Wildman–Crippen LogP) is 4.41. The van der Waals surface area contributed by atoms with Crippen molar-refractivity contribution in [1.82, 2.24) is 9.55 Å². The molecule has 0 atom stereocenters. The average Bonchev–Trinajstić information content (AvgIpc) is 2.53. The molecule has 1 aromatic heterocycles. The normalized spacial score (nSPS) is 11.4. The maximum Gasteiger partial charge on any atom is 0.276 e. The smallest absolute Gasteiger partial charge is 0.276 e. The van der Waals surface area contributed by atoms with Gasteiger partial charge in [-0.1, -0.05) is 47.5 Å². The van der Waals surface area contributed by atoms with Crippen LogP contribution in [-0.2, 0) is 7.05 Å². The van der Waals surface area contributed by atoms with E-state index in [9.17, 15) is 4.79 Å². The van der Waals surface area contributed by atoms with Crippen molar-refractivity contribution in [3.05, 3.63) is 74.1 Å². The average molecular weight is 331 g/mol. The molecule has 0 N–H and O–H groups in total. The molecule has 110 valence electrons. The Labute approximate surface area is 137 Å². The van der Waals surface area contributed by atoms with E-state index in [-0.39, 0.29) is 5.56 Å². The van der Waals surface area contributed by atoms with E-state index in [0.29, 0.717) is 15.7 Å². The van der Waals surface area contributed by atoms with E-state index in [0.717, 1.165) is 16.6 Å². The van der Waals surface area contributed by atoms with Gasteiger partial charge in [0.2, 0.25) is 0 Å². The number of hydrogen-bond donors (Lipinski definition) is 0. The molecule has 0 fully saturated rings. The number of halogens is 2. The first-order valence-corrected chi connectivity index (χ1v) is 7.41. The fraction of sp³-hybridized carbons (Fsp3) is 0.0588. The summed E-state index contributed by atoms with van der Waals surface area (Å²) in [5.74, 6) is 0. The third kappa shape index (κ3) is 2.78. The SMILES string of the molecule is Cn1c(=O)c(/C=C/c2ccc(Cl)c(Cl)c2)nc2ccccc21. The number of aromatic nitrogens is 2. The van der Waals surface area contributed by atoms with Crippen LogP contribution in [0, 0.1) is 0 Å². The second-order valence-corrected chi connectivity index (χ2v) is 5.67. The van der Waals surface area contributed by atoms with E-state index in [1.54, 1.807) is 35.9 Å². The molecule has 5 heteroatoms. The van der Waals surface area contributed by atoms with Crippen molar-refractivity contribution in [2.45, 2.75) is 0 Å². The molecule has 2 aromatic carbocycles. The van der Waals surface area contributed by atoms with Crippen LogP contribution in [0.4, 0.5) is 0 Å². The standard InChI is InChI=1S/C17H12Cl2N2O/c1-21-16-5-3-2-4-14(16)20-15(17(21)22)9-7-11-6-8-12(18)13(19)10-11/h2-10H,1H3/b9-7+. The molecule has 1 heterocycles. The van der Waals surface area contributed by atoms with Crippen LogP contribution in [0.1, 0.15) is 11.3 Å². The van der Waals surface area contributed by atoms with Gasteiger partial charge in [0, 0.05) is 7.05 Å². The molecule has 0 spiro atoms. The Kier molecular flexibility index (Phi) is 4.01. The summed E-state index contributed by atoms with van der Waals surface area (Å²) >= 11 is 11.9. The highest BCUT2D eigenvalue weighted by Crippen LogP contribution is 2.23. The van der Waals surface area contributed by atoms with E-state index in [2.05, 4.69) is 4.98 Å².